The van der Waals surface area contributed by atoms with Gasteiger partial charge in [-0.1, -0.05) is 0 Å². The van der Waals surface area contributed by atoms with E-state index in [0.717, 1.165) is 19.4 Å². The summed E-state index contributed by atoms with van der Waals surface area (Å²) in [5.74, 6) is -0.518. The summed E-state index contributed by atoms with van der Waals surface area (Å²) < 4.78 is 5.52. The number of carboxylic acids is 1. The highest BCUT2D eigenvalue weighted by molar-refractivity contribution is 5.87. The molecule has 104 valence electrons. The number of ether oxygens (including phenoxy) is 1. The van der Waals surface area contributed by atoms with E-state index in [4.69, 9.17) is 15.6 Å². The van der Waals surface area contributed by atoms with Crippen molar-refractivity contribution in [2.75, 3.05) is 30.8 Å². The van der Waals surface area contributed by atoms with Gasteiger partial charge in [0.15, 0.2) is 11.5 Å². The molecule has 0 aliphatic carbocycles. The van der Waals surface area contributed by atoms with Crippen molar-refractivity contribution >= 4 is 17.5 Å². The second-order valence-electron chi connectivity index (χ2n) is 5.09. The fourth-order valence-electron chi connectivity index (χ4n) is 2.38. The van der Waals surface area contributed by atoms with E-state index in [0.29, 0.717) is 18.1 Å². The van der Waals surface area contributed by atoms with E-state index in [-0.39, 0.29) is 11.3 Å². The Morgan fingerprint density at radius 1 is 1.58 bits per heavy atom. The number of rotatable bonds is 3. The van der Waals surface area contributed by atoms with Crippen LogP contribution in [-0.4, -0.2) is 41.9 Å². The maximum absolute atomic E-state index is 11.0. The first-order valence-electron chi connectivity index (χ1n) is 6.25. The lowest BCUT2D eigenvalue weighted by atomic mass is 9.94. The standard InChI is InChI=1S/C13H19N3O3/c1-13(19-2)6-3-7-16(8-13)11-9(14)4-5-10(15-11)12(17)18/h4-5H,3,6-8,14H2,1-2H3,(H,17,18). The third kappa shape index (κ3) is 2.78. The molecule has 1 aliphatic heterocycles. The number of carboxylic acid groups (broad SMARTS) is 1. The highest BCUT2D eigenvalue weighted by Gasteiger charge is 2.32. The van der Waals surface area contributed by atoms with Gasteiger partial charge in [-0.05, 0) is 31.9 Å². The molecule has 2 rings (SSSR count). The van der Waals surface area contributed by atoms with Crippen LogP contribution in [0.5, 0.6) is 0 Å². The molecule has 0 spiro atoms. The zero-order valence-electron chi connectivity index (χ0n) is 11.2. The number of hydrogen-bond acceptors (Lipinski definition) is 5. The maximum atomic E-state index is 11.0. The van der Waals surface area contributed by atoms with Crippen LogP contribution in [0, 0.1) is 0 Å². The lowest BCUT2D eigenvalue weighted by Crippen LogP contribution is -2.48. The zero-order valence-corrected chi connectivity index (χ0v) is 11.2. The van der Waals surface area contributed by atoms with Crippen LogP contribution in [0.25, 0.3) is 0 Å². The van der Waals surface area contributed by atoms with Gasteiger partial charge in [0.1, 0.15) is 0 Å². The predicted octanol–water partition coefficient (Wildman–Crippen LogP) is 1.37. The Balaban J connectivity index is 2.30. The molecule has 0 bridgehead atoms. The molecule has 1 saturated heterocycles. The minimum atomic E-state index is -1.05. The van der Waals surface area contributed by atoms with Crippen molar-refractivity contribution in [2.45, 2.75) is 25.4 Å². The lowest BCUT2D eigenvalue weighted by molar-refractivity contribution is -0.00478. The van der Waals surface area contributed by atoms with Crippen molar-refractivity contribution in [1.29, 1.82) is 0 Å². The molecular formula is C13H19N3O3. The molecule has 0 saturated carbocycles. The van der Waals surface area contributed by atoms with Crippen LogP contribution < -0.4 is 10.6 Å². The van der Waals surface area contributed by atoms with Gasteiger partial charge < -0.3 is 20.5 Å². The number of aromatic carboxylic acids is 1. The van der Waals surface area contributed by atoms with Crippen molar-refractivity contribution in [3.05, 3.63) is 17.8 Å². The number of nitrogens with two attached hydrogens (primary N) is 1. The van der Waals surface area contributed by atoms with Crippen molar-refractivity contribution in [3.8, 4) is 0 Å². The van der Waals surface area contributed by atoms with Gasteiger partial charge >= 0.3 is 5.97 Å². The Kier molecular flexibility index (Phi) is 3.61. The van der Waals surface area contributed by atoms with Crippen LogP contribution >= 0.6 is 0 Å². The number of nitrogen functional groups attached to an aromatic ring is 1. The molecule has 1 fully saturated rings. The fourth-order valence-corrected chi connectivity index (χ4v) is 2.38. The predicted molar refractivity (Wildman–Crippen MR) is 72.5 cm³/mol. The van der Waals surface area contributed by atoms with E-state index >= 15 is 0 Å². The van der Waals surface area contributed by atoms with Gasteiger partial charge in [0, 0.05) is 20.2 Å². The molecule has 1 aromatic rings. The molecule has 1 unspecified atom stereocenters. The molecule has 2 heterocycles. The molecule has 19 heavy (non-hydrogen) atoms. The number of piperidine rings is 1. The zero-order chi connectivity index (χ0) is 14.0. The number of nitrogens with zero attached hydrogens (tertiary/aromatic N) is 2. The number of carbonyl (C=O) groups is 1. The Bertz CT molecular complexity index is 492. The number of hydrogen-bond donors (Lipinski definition) is 2. The summed E-state index contributed by atoms with van der Waals surface area (Å²) >= 11 is 0. The van der Waals surface area contributed by atoms with Crippen molar-refractivity contribution in [2.24, 2.45) is 0 Å². The monoisotopic (exact) mass is 265 g/mol. The molecule has 1 aliphatic rings. The molecule has 0 radical (unpaired) electrons. The first-order valence-corrected chi connectivity index (χ1v) is 6.25. The fraction of sp³-hybridized carbons (Fsp3) is 0.538. The summed E-state index contributed by atoms with van der Waals surface area (Å²) in [4.78, 5) is 17.1. The Labute approximate surface area is 112 Å². The lowest BCUT2D eigenvalue weighted by Gasteiger charge is -2.40. The van der Waals surface area contributed by atoms with E-state index in [1.807, 2.05) is 11.8 Å². The highest BCUT2D eigenvalue weighted by Crippen LogP contribution is 2.30. The van der Waals surface area contributed by atoms with Crippen LogP contribution in [0.1, 0.15) is 30.3 Å². The van der Waals surface area contributed by atoms with Crippen LogP contribution in [0.15, 0.2) is 12.1 Å². The van der Waals surface area contributed by atoms with Crippen LogP contribution in [0.4, 0.5) is 11.5 Å². The maximum Gasteiger partial charge on any atom is 0.354 e. The van der Waals surface area contributed by atoms with Gasteiger partial charge in [-0.2, -0.15) is 0 Å². The summed E-state index contributed by atoms with van der Waals surface area (Å²) in [6, 6.07) is 3.01. The summed E-state index contributed by atoms with van der Waals surface area (Å²) in [7, 11) is 1.69. The van der Waals surface area contributed by atoms with Gasteiger partial charge in [0.25, 0.3) is 0 Å². The topological polar surface area (TPSA) is 88.7 Å². The highest BCUT2D eigenvalue weighted by atomic mass is 16.5. The second-order valence-corrected chi connectivity index (χ2v) is 5.09. The van der Waals surface area contributed by atoms with E-state index in [1.54, 1.807) is 13.2 Å². The molecule has 1 aromatic heterocycles. The molecule has 1 atom stereocenters. The molecule has 0 aromatic carbocycles. The third-order valence-electron chi connectivity index (χ3n) is 3.58. The summed E-state index contributed by atoms with van der Waals surface area (Å²) in [5, 5.41) is 9.00. The van der Waals surface area contributed by atoms with Gasteiger partial charge in [-0.25, -0.2) is 9.78 Å². The molecular weight excluding hydrogens is 246 g/mol. The van der Waals surface area contributed by atoms with Gasteiger partial charge in [0.2, 0.25) is 0 Å². The number of aromatic nitrogens is 1. The average Bonchev–Trinajstić information content (AvgIpc) is 2.39. The van der Waals surface area contributed by atoms with Crippen LogP contribution in [0.2, 0.25) is 0 Å². The van der Waals surface area contributed by atoms with E-state index in [9.17, 15) is 4.79 Å². The Morgan fingerprint density at radius 2 is 2.32 bits per heavy atom. The second kappa shape index (κ2) is 5.05. The third-order valence-corrected chi connectivity index (χ3v) is 3.58. The SMILES string of the molecule is COC1(C)CCCN(c2nc(C(=O)O)ccc2N)C1. The smallest absolute Gasteiger partial charge is 0.354 e. The minimum absolute atomic E-state index is 0.00823. The number of pyridine rings is 1. The first-order chi connectivity index (χ1) is 8.95. The van der Waals surface area contributed by atoms with Crippen LogP contribution in [-0.2, 0) is 4.74 Å². The Morgan fingerprint density at radius 3 is 2.95 bits per heavy atom. The normalized spacial score (nSPS) is 23.4. The van der Waals surface area contributed by atoms with Crippen LogP contribution in [0.3, 0.4) is 0 Å². The summed E-state index contributed by atoms with van der Waals surface area (Å²) in [6.07, 6.45) is 1.93. The largest absolute Gasteiger partial charge is 0.477 e. The van der Waals surface area contributed by atoms with Crippen molar-refractivity contribution < 1.29 is 14.6 Å². The quantitative estimate of drug-likeness (QED) is 0.858. The number of anilines is 2. The summed E-state index contributed by atoms with van der Waals surface area (Å²) in [5.41, 5.74) is 6.17. The van der Waals surface area contributed by atoms with Crippen molar-refractivity contribution in [1.82, 2.24) is 4.98 Å². The van der Waals surface area contributed by atoms with E-state index in [2.05, 4.69) is 4.98 Å². The molecule has 6 nitrogen and oxygen atoms in total. The van der Waals surface area contributed by atoms with Crippen molar-refractivity contribution in [3.63, 3.8) is 0 Å². The molecule has 6 heteroatoms. The summed E-state index contributed by atoms with van der Waals surface area (Å²) in [6.45, 7) is 3.50. The molecule has 0 amide bonds. The van der Waals surface area contributed by atoms with Gasteiger partial charge in [-0.15, -0.1) is 0 Å². The van der Waals surface area contributed by atoms with E-state index in [1.165, 1.54) is 6.07 Å². The van der Waals surface area contributed by atoms with Gasteiger partial charge in [-0.3, -0.25) is 0 Å². The van der Waals surface area contributed by atoms with Gasteiger partial charge in [0.05, 0.1) is 11.3 Å². The number of methoxy groups -OCH3 is 1. The molecule has 3 N–H and O–H groups in total. The van der Waals surface area contributed by atoms with E-state index < -0.39 is 5.97 Å². The Hall–Kier alpha value is -1.82. The average molecular weight is 265 g/mol. The first kappa shape index (κ1) is 13.6. The minimum Gasteiger partial charge on any atom is -0.477 e.